The molecule has 0 saturated carbocycles. The summed E-state index contributed by atoms with van der Waals surface area (Å²) < 4.78 is 0. The monoisotopic (exact) mass is 337 g/mol. The van der Waals surface area contributed by atoms with E-state index in [1.54, 1.807) is 0 Å². The van der Waals surface area contributed by atoms with Crippen molar-refractivity contribution in [2.45, 2.75) is 27.7 Å². The van der Waals surface area contributed by atoms with E-state index < -0.39 is 0 Å². The first kappa shape index (κ1) is 17.0. The van der Waals surface area contributed by atoms with Gasteiger partial charge < -0.3 is 10.6 Å². The fraction of sp³-hybridized carbons (Fsp3) is 0.316. The summed E-state index contributed by atoms with van der Waals surface area (Å²) >= 11 is 0. The van der Waals surface area contributed by atoms with Crippen LogP contribution in [0.1, 0.15) is 35.5 Å². The maximum atomic E-state index is 12.7. The predicted octanol–water partition coefficient (Wildman–Crippen LogP) is 3.31. The standard InChI is InChI=1S/C19H23N5O/c1-5-24(6-2)19(25)14-9-7-8-13(10-14)15-11(3)16-17(20)22-23-18(16)21-12(15)4/h7-10H,5-6H2,1-4H3,(H3,20,21,22,23). The van der Waals surface area contributed by atoms with Crippen molar-refractivity contribution in [2.75, 3.05) is 18.8 Å². The average molecular weight is 337 g/mol. The Morgan fingerprint density at radius 1 is 1.24 bits per heavy atom. The van der Waals surface area contributed by atoms with Crippen LogP contribution in [0.2, 0.25) is 0 Å². The molecule has 0 unspecified atom stereocenters. The molecule has 0 atom stereocenters. The van der Waals surface area contributed by atoms with Crippen molar-refractivity contribution in [1.82, 2.24) is 20.1 Å². The third-order valence-corrected chi connectivity index (χ3v) is 4.61. The molecule has 0 aliphatic rings. The number of nitrogens with one attached hydrogen (secondary N) is 1. The molecule has 130 valence electrons. The van der Waals surface area contributed by atoms with Crippen LogP contribution in [0.5, 0.6) is 0 Å². The number of aromatic nitrogens is 3. The third-order valence-electron chi connectivity index (χ3n) is 4.61. The molecule has 0 fully saturated rings. The Hall–Kier alpha value is -2.89. The molecule has 0 spiro atoms. The Bertz CT molecular complexity index is 940. The number of nitrogens with two attached hydrogens (primary N) is 1. The molecule has 0 radical (unpaired) electrons. The number of benzene rings is 1. The molecule has 0 aliphatic heterocycles. The van der Waals surface area contributed by atoms with Gasteiger partial charge in [0.1, 0.15) is 5.82 Å². The molecule has 6 nitrogen and oxygen atoms in total. The van der Waals surface area contributed by atoms with E-state index in [4.69, 9.17) is 5.73 Å². The van der Waals surface area contributed by atoms with E-state index in [1.807, 2.05) is 56.9 Å². The number of aryl methyl sites for hydroxylation is 2. The largest absolute Gasteiger partial charge is 0.384 e. The van der Waals surface area contributed by atoms with Crippen LogP contribution in [0, 0.1) is 13.8 Å². The minimum absolute atomic E-state index is 0.0408. The molecule has 6 heteroatoms. The third kappa shape index (κ3) is 2.84. The lowest BCUT2D eigenvalue weighted by Crippen LogP contribution is -2.30. The predicted molar refractivity (Wildman–Crippen MR) is 100 cm³/mol. The lowest BCUT2D eigenvalue weighted by Gasteiger charge is -2.19. The van der Waals surface area contributed by atoms with E-state index in [2.05, 4.69) is 15.2 Å². The summed E-state index contributed by atoms with van der Waals surface area (Å²) in [6.07, 6.45) is 0. The van der Waals surface area contributed by atoms with Crippen LogP contribution in [0.15, 0.2) is 24.3 Å². The summed E-state index contributed by atoms with van der Waals surface area (Å²) in [7, 11) is 0. The van der Waals surface area contributed by atoms with Crippen molar-refractivity contribution in [3.05, 3.63) is 41.1 Å². The Morgan fingerprint density at radius 2 is 1.96 bits per heavy atom. The number of anilines is 1. The number of hydrogen-bond acceptors (Lipinski definition) is 4. The lowest BCUT2D eigenvalue weighted by molar-refractivity contribution is 0.0773. The minimum Gasteiger partial charge on any atom is -0.384 e. The van der Waals surface area contributed by atoms with Gasteiger partial charge in [0, 0.05) is 29.9 Å². The number of carbonyl (C=O) groups excluding carboxylic acids is 1. The lowest BCUT2D eigenvalue weighted by atomic mass is 9.95. The molecule has 1 aromatic carbocycles. The highest BCUT2D eigenvalue weighted by Crippen LogP contribution is 2.33. The first-order valence-corrected chi connectivity index (χ1v) is 8.48. The van der Waals surface area contributed by atoms with Crippen LogP contribution in [-0.4, -0.2) is 39.1 Å². The van der Waals surface area contributed by atoms with Crippen LogP contribution >= 0.6 is 0 Å². The zero-order chi connectivity index (χ0) is 18.1. The molecule has 3 aromatic rings. The van der Waals surface area contributed by atoms with Crippen molar-refractivity contribution in [3.63, 3.8) is 0 Å². The number of hydrogen-bond donors (Lipinski definition) is 2. The topological polar surface area (TPSA) is 87.9 Å². The number of aromatic amines is 1. The van der Waals surface area contributed by atoms with E-state index in [0.29, 0.717) is 30.1 Å². The number of rotatable bonds is 4. The van der Waals surface area contributed by atoms with Crippen molar-refractivity contribution >= 4 is 22.8 Å². The van der Waals surface area contributed by atoms with Gasteiger partial charge >= 0.3 is 0 Å². The highest BCUT2D eigenvalue weighted by atomic mass is 16.2. The van der Waals surface area contributed by atoms with E-state index in [1.165, 1.54) is 0 Å². The number of pyridine rings is 1. The van der Waals surface area contributed by atoms with Gasteiger partial charge in [-0.25, -0.2) is 4.98 Å². The van der Waals surface area contributed by atoms with Crippen molar-refractivity contribution in [2.24, 2.45) is 0 Å². The second-order valence-electron chi connectivity index (χ2n) is 6.09. The molecule has 3 N–H and O–H groups in total. The summed E-state index contributed by atoms with van der Waals surface area (Å²) in [5.41, 5.74) is 11.1. The number of fused-ring (bicyclic) bond motifs is 1. The Morgan fingerprint density at radius 3 is 2.64 bits per heavy atom. The summed E-state index contributed by atoms with van der Waals surface area (Å²) in [4.78, 5) is 19.0. The highest BCUT2D eigenvalue weighted by Gasteiger charge is 2.18. The molecule has 0 aliphatic carbocycles. The van der Waals surface area contributed by atoms with Crippen LogP contribution in [0.3, 0.4) is 0 Å². The van der Waals surface area contributed by atoms with Gasteiger partial charge in [-0.3, -0.25) is 9.89 Å². The maximum absolute atomic E-state index is 12.7. The molecular weight excluding hydrogens is 314 g/mol. The number of nitrogen functional groups attached to an aromatic ring is 1. The van der Waals surface area contributed by atoms with Crippen LogP contribution in [-0.2, 0) is 0 Å². The van der Waals surface area contributed by atoms with Gasteiger partial charge in [0.15, 0.2) is 5.65 Å². The fourth-order valence-corrected chi connectivity index (χ4v) is 3.33. The summed E-state index contributed by atoms with van der Waals surface area (Å²) in [6.45, 7) is 9.31. The van der Waals surface area contributed by atoms with E-state index in [0.717, 1.165) is 27.8 Å². The van der Waals surface area contributed by atoms with Gasteiger partial charge in [-0.2, -0.15) is 5.10 Å². The summed E-state index contributed by atoms with van der Waals surface area (Å²) in [6, 6.07) is 7.69. The van der Waals surface area contributed by atoms with Crippen molar-refractivity contribution < 1.29 is 4.79 Å². The summed E-state index contributed by atoms with van der Waals surface area (Å²) in [5.74, 6) is 0.552. The molecular formula is C19H23N5O. The Balaban J connectivity index is 2.15. The van der Waals surface area contributed by atoms with Crippen molar-refractivity contribution in [1.29, 1.82) is 0 Å². The van der Waals surface area contributed by atoms with Crippen LogP contribution < -0.4 is 5.73 Å². The number of carbonyl (C=O) groups is 1. The molecule has 0 saturated heterocycles. The molecule has 2 heterocycles. The highest BCUT2D eigenvalue weighted by molar-refractivity contribution is 5.98. The van der Waals surface area contributed by atoms with E-state index in [-0.39, 0.29) is 5.91 Å². The molecule has 3 rings (SSSR count). The van der Waals surface area contributed by atoms with Gasteiger partial charge in [-0.1, -0.05) is 12.1 Å². The van der Waals surface area contributed by atoms with E-state index >= 15 is 0 Å². The van der Waals surface area contributed by atoms with E-state index in [9.17, 15) is 4.79 Å². The molecule has 25 heavy (non-hydrogen) atoms. The van der Waals surface area contributed by atoms with Gasteiger partial charge in [0.2, 0.25) is 0 Å². The average Bonchev–Trinajstić information content (AvgIpc) is 2.97. The zero-order valence-corrected chi connectivity index (χ0v) is 15.1. The smallest absolute Gasteiger partial charge is 0.253 e. The second kappa shape index (κ2) is 6.55. The van der Waals surface area contributed by atoms with Gasteiger partial charge in [-0.15, -0.1) is 0 Å². The summed E-state index contributed by atoms with van der Waals surface area (Å²) in [5, 5.41) is 7.77. The van der Waals surface area contributed by atoms with Gasteiger partial charge in [0.25, 0.3) is 5.91 Å². The SMILES string of the molecule is CCN(CC)C(=O)c1cccc(-c2c(C)nc3n[nH]c(N)c3c2C)c1. The first-order valence-electron chi connectivity index (χ1n) is 8.48. The first-order chi connectivity index (χ1) is 12.0. The van der Waals surface area contributed by atoms with Crippen molar-refractivity contribution in [3.8, 4) is 11.1 Å². The fourth-order valence-electron chi connectivity index (χ4n) is 3.33. The quantitative estimate of drug-likeness (QED) is 0.764. The second-order valence-corrected chi connectivity index (χ2v) is 6.09. The minimum atomic E-state index is 0.0408. The van der Waals surface area contributed by atoms with Gasteiger partial charge in [-0.05, 0) is 51.0 Å². The van der Waals surface area contributed by atoms with Crippen LogP contribution in [0.25, 0.3) is 22.2 Å². The maximum Gasteiger partial charge on any atom is 0.253 e. The Labute approximate surface area is 147 Å². The number of H-pyrrole nitrogens is 1. The normalized spacial score (nSPS) is 11.0. The van der Waals surface area contributed by atoms with Gasteiger partial charge in [0.05, 0.1) is 5.39 Å². The molecule has 2 aromatic heterocycles. The molecule has 1 amide bonds. The van der Waals surface area contributed by atoms with Crippen LogP contribution in [0.4, 0.5) is 5.82 Å². The molecule has 0 bridgehead atoms. The Kier molecular flexibility index (Phi) is 4.44. The zero-order valence-electron chi connectivity index (χ0n) is 15.1. The number of amides is 1. The number of nitrogens with zero attached hydrogens (tertiary/aromatic N) is 3.